The molecule has 1 amide bonds. The van der Waals surface area contributed by atoms with Crippen LogP contribution in [0.15, 0.2) is 72.9 Å². The molecule has 10 heteroatoms. The Morgan fingerprint density at radius 1 is 1.03 bits per heavy atom. The molecule has 39 heavy (non-hydrogen) atoms. The van der Waals surface area contributed by atoms with Crippen LogP contribution in [0.3, 0.4) is 0 Å². The fraction of sp³-hybridized carbons (Fsp3) is 0.310. The summed E-state index contributed by atoms with van der Waals surface area (Å²) in [6.07, 6.45) is -1.19. The van der Waals surface area contributed by atoms with Gasteiger partial charge in [-0.05, 0) is 53.9 Å². The minimum atomic E-state index is -1.37. The second-order valence-electron chi connectivity index (χ2n) is 9.20. The first-order valence-corrected chi connectivity index (χ1v) is 13.3. The average molecular weight is 571 g/mol. The number of aromatic nitrogens is 1. The van der Waals surface area contributed by atoms with Crippen LogP contribution in [-0.2, 0) is 23.9 Å². The van der Waals surface area contributed by atoms with Gasteiger partial charge in [0.1, 0.15) is 12.1 Å². The van der Waals surface area contributed by atoms with Gasteiger partial charge >= 0.3 is 11.9 Å². The van der Waals surface area contributed by atoms with E-state index in [0.717, 1.165) is 0 Å². The molecule has 5 atom stereocenters. The lowest BCUT2D eigenvalue weighted by molar-refractivity contribution is -0.202. The van der Waals surface area contributed by atoms with E-state index in [1.54, 1.807) is 66.7 Å². The summed E-state index contributed by atoms with van der Waals surface area (Å²) in [6.45, 7) is 3.08. The molecular weight excluding hydrogens is 543 g/mol. The van der Waals surface area contributed by atoms with Crippen molar-refractivity contribution < 1.29 is 29.0 Å². The number of pyridine rings is 1. The molecule has 204 valence electrons. The summed E-state index contributed by atoms with van der Waals surface area (Å²) in [4.78, 5) is 44.7. The lowest BCUT2D eigenvalue weighted by atomic mass is 9.88. The first kappa shape index (κ1) is 28.5. The molecule has 3 aromatic rings. The molecule has 2 heterocycles. The Morgan fingerprint density at radius 3 is 2.15 bits per heavy atom. The molecule has 1 aliphatic heterocycles. The Morgan fingerprint density at radius 2 is 1.64 bits per heavy atom. The number of carboxylic acids is 1. The Hall–Kier alpha value is -3.46. The van der Waals surface area contributed by atoms with E-state index in [9.17, 15) is 19.5 Å². The van der Waals surface area contributed by atoms with Crippen LogP contribution in [0.2, 0.25) is 10.0 Å². The number of esters is 1. The van der Waals surface area contributed by atoms with Crippen LogP contribution < -0.4 is 0 Å². The number of hydrogen-bond acceptors (Lipinski definition) is 6. The zero-order valence-electron chi connectivity index (χ0n) is 21.4. The van der Waals surface area contributed by atoms with E-state index in [-0.39, 0.29) is 6.42 Å². The number of morpholine rings is 1. The van der Waals surface area contributed by atoms with Crippen LogP contribution in [0.25, 0.3) is 0 Å². The number of carboxylic acid groups (broad SMARTS) is 1. The maximum Gasteiger partial charge on any atom is 0.326 e. The van der Waals surface area contributed by atoms with Crippen molar-refractivity contribution in [2.24, 2.45) is 0 Å². The van der Waals surface area contributed by atoms with E-state index in [2.05, 4.69) is 4.98 Å². The quantitative estimate of drug-likeness (QED) is 0.316. The zero-order chi connectivity index (χ0) is 28.1. The molecule has 0 bridgehead atoms. The largest absolute Gasteiger partial charge is 0.480 e. The lowest BCUT2D eigenvalue weighted by Crippen LogP contribution is -2.58. The van der Waals surface area contributed by atoms with E-state index < -0.39 is 48.2 Å². The highest BCUT2D eigenvalue weighted by Crippen LogP contribution is 2.46. The number of ether oxygens (including phenoxy) is 2. The van der Waals surface area contributed by atoms with Gasteiger partial charge < -0.3 is 19.5 Å². The van der Waals surface area contributed by atoms with Crippen LogP contribution in [-0.4, -0.2) is 45.0 Å². The van der Waals surface area contributed by atoms with Gasteiger partial charge in [-0.15, -0.1) is 0 Å². The highest BCUT2D eigenvalue weighted by molar-refractivity contribution is 6.30. The second kappa shape index (κ2) is 12.6. The van der Waals surface area contributed by atoms with Crippen molar-refractivity contribution in [3.8, 4) is 0 Å². The van der Waals surface area contributed by atoms with Gasteiger partial charge in [-0.2, -0.15) is 0 Å². The van der Waals surface area contributed by atoms with Crippen molar-refractivity contribution >= 4 is 41.0 Å². The maximum atomic E-state index is 14.3. The first-order chi connectivity index (χ1) is 18.7. The van der Waals surface area contributed by atoms with Crippen molar-refractivity contribution in [1.82, 2.24) is 9.88 Å². The summed E-state index contributed by atoms with van der Waals surface area (Å²) >= 11 is 12.3. The maximum absolute atomic E-state index is 14.3. The van der Waals surface area contributed by atoms with E-state index in [4.69, 9.17) is 32.7 Å². The number of hydrogen-bond donors (Lipinski definition) is 1. The summed E-state index contributed by atoms with van der Waals surface area (Å²) in [5.41, 5.74) is 1.59. The van der Waals surface area contributed by atoms with E-state index in [1.165, 1.54) is 18.0 Å². The highest BCUT2D eigenvalue weighted by atomic mass is 35.5. The summed E-state index contributed by atoms with van der Waals surface area (Å²) in [5.74, 6) is -2.42. The second-order valence-corrected chi connectivity index (χ2v) is 10.1. The number of amides is 1. The van der Waals surface area contributed by atoms with Gasteiger partial charge in [-0.3, -0.25) is 14.6 Å². The Kier molecular flexibility index (Phi) is 9.22. The van der Waals surface area contributed by atoms with Crippen molar-refractivity contribution in [2.75, 3.05) is 0 Å². The Balaban J connectivity index is 1.93. The van der Waals surface area contributed by atoms with Crippen LogP contribution in [0.1, 0.15) is 61.8 Å². The molecule has 4 rings (SSSR count). The average Bonchev–Trinajstić information content (AvgIpc) is 2.92. The first-order valence-electron chi connectivity index (χ1n) is 12.5. The lowest BCUT2D eigenvalue weighted by Gasteiger charge is -2.48. The van der Waals surface area contributed by atoms with Gasteiger partial charge in [0, 0.05) is 23.2 Å². The number of aliphatic carboxylic acids is 1. The normalized spacial score (nSPS) is 20.8. The topological polar surface area (TPSA) is 106 Å². The molecule has 1 saturated heterocycles. The number of rotatable bonds is 9. The standard InChI is InChI=1S/C29H28Cl2N2O6/c1-3-6-23(29(36)37)33-24(18-8-12-20(30)13-9-18)25(19-10-14-21(31)15-11-19)39-27(28(33)35)26(38-17(2)34)22-7-4-5-16-32-22/h4-5,7-16,23-27H,3,6H2,1-2H3,(H,36,37)/t23?,24-,25+,26-,27+/m0/s1. The molecule has 1 aromatic heterocycles. The molecule has 2 aromatic carbocycles. The van der Waals surface area contributed by atoms with Gasteiger partial charge in [-0.25, -0.2) is 4.79 Å². The van der Waals surface area contributed by atoms with Gasteiger partial charge in [0.15, 0.2) is 12.2 Å². The summed E-state index contributed by atoms with van der Waals surface area (Å²) in [6, 6.07) is 16.8. The van der Waals surface area contributed by atoms with Crippen molar-refractivity contribution in [3.05, 3.63) is 99.8 Å². The predicted molar refractivity (Wildman–Crippen MR) is 145 cm³/mol. The van der Waals surface area contributed by atoms with Gasteiger partial charge in [0.05, 0.1) is 11.7 Å². The minimum absolute atomic E-state index is 0.201. The monoisotopic (exact) mass is 570 g/mol. The van der Waals surface area contributed by atoms with Crippen LogP contribution in [0.4, 0.5) is 0 Å². The number of halogens is 2. The van der Waals surface area contributed by atoms with Crippen LogP contribution in [0.5, 0.6) is 0 Å². The van der Waals surface area contributed by atoms with Crippen LogP contribution in [0, 0.1) is 0 Å². The molecular formula is C29H28Cl2N2O6. The van der Waals surface area contributed by atoms with Crippen molar-refractivity contribution in [1.29, 1.82) is 0 Å². The Bertz CT molecular complexity index is 1300. The van der Waals surface area contributed by atoms with E-state index in [0.29, 0.717) is 33.3 Å². The minimum Gasteiger partial charge on any atom is -0.480 e. The Labute approximate surface area is 236 Å². The summed E-state index contributed by atoms with van der Waals surface area (Å²) in [5, 5.41) is 11.3. The van der Waals surface area contributed by atoms with Gasteiger partial charge in [0.2, 0.25) is 0 Å². The van der Waals surface area contributed by atoms with Gasteiger partial charge in [-0.1, -0.05) is 66.9 Å². The summed E-state index contributed by atoms with van der Waals surface area (Å²) < 4.78 is 12.1. The van der Waals surface area contributed by atoms with Crippen LogP contribution >= 0.6 is 23.2 Å². The third-order valence-electron chi connectivity index (χ3n) is 6.52. The molecule has 1 fully saturated rings. The summed E-state index contributed by atoms with van der Waals surface area (Å²) in [7, 11) is 0. The third kappa shape index (κ3) is 6.41. The third-order valence-corrected chi connectivity index (χ3v) is 7.02. The van der Waals surface area contributed by atoms with E-state index in [1.807, 2.05) is 6.92 Å². The predicted octanol–water partition coefficient (Wildman–Crippen LogP) is 5.96. The number of carbonyl (C=O) groups is 3. The van der Waals surface area contributed by atoms with Crippen molar-refractivity contribution in [3.63, 3.8) is 0 Å². The molecule has 0 spiro atoms. The van der Waals surface area contributed by atoms with E-state index >= 15 is 0 Å². The number of benzene rings is 2. The molecule has 1 N–H and O–H groups in total. The highest BCUT2D eigenvalue weighted by Gasteiger charge is 2.52. The molecule has 0 saturated carbocycles. The molecule has 0 radical (unpaired) electrons. The van der Waals surface area contributed by atoms with Gasteiger partial charge in [0.25, 0.3) is 5.91 Å². The molecule has 1 unspecified atom stereocenters. The SMILES string of the molecule is CCCC(C(=O)O)N1C(=O)[C@@H]([C@@H](OC(C)=O)c2ccccn2)O[C@H](c2ccc(Cl)cc2)[C@@H]1c1ccc(Cl)cc1. The fourth-order valence-corrected chi connectivity index (χ4v) is 5.08. The zero-order valence-corrected chi connectivity index (χ0v) is 22.9. The molecule has 1 aliphatic rings. The van der Waals surface area contributed by atoms with Crippen molar-refractivity contribution in [2.45, 2.75) is 57.1 Å². The number of carbonyl (C=O) groups excluding carboxylic acids is 2. The number of nitrogens with zero attached hydrogens (tertiary/aromatic N) is 2. The smallest absolute Gasteiger partial charge is 0.326 e. The molecule has 8 nitrogen and oxygen atoms in total. The fourth-order valence-electron chi connectivity index (χ4n) is 4.83. The molecule has 0 aliphatic carbocycles.